The van der Waals surface area contributed by atoms with E-state index in [-0.39, 0.29) is 24.0 Å². The molecule has 0 atom stereocenters. The van der Waals surface area contributed by atoms with Crippen LogP contribution in [0.25, 0.3) is 11.3 Å². The van der Waals surface area contributed by atoms with Gasteiger partial charge < -0.3 is 15.7 Å². The lowest BCUT2D eigenvalue weighted by molar-refractivity contribution is -0.134. The van der Waals surface area contributed by atoms with Gasteiger partial charge in [-0.25, -0.2) is 9.37 Å². The van der Waals surface area contributed by atoms with Gasteiger partial charge in [-0.3, -0.25) is 9.78 Å². The van der Waals surface area contributed by atoms with E-state index in [0.29, 0.717) is 16.3 Å². The minimum absolute atomic E-state index is 0.0821. The number of carboxylic acids is 1. The molecule has 2 heterocycles. The predicted molar refractivity (Wildman–Crippen MR) is 96.1 cm³/mol. The molecule has 0 aliphatic rings. The summed E-state index contributed by atoms with van der Waals surface area (Å²) < 4.78 is 14.0. The molecule has 0 unspecified atom stereocenters. The Morgan fingerprint density at radius 2 is 2.08 bits per heavy atom. The molecule has 0 aliphatic carbocycles. The number of nitrogens with one attached hydrogen (secondary N) is 2. The van der Waals surface area contributed by atoms with E-state index in [2.05, 4.69) is 25.6 Å². The van der Waals surface area contributed by atoms with Crippen LogP contribution in [0.5, 0.6) is 0 Å². The summed E-state index contributed by atoms with van der Waals surface area (Å²) in [5.41, 5.74) is 1.33. The normalized spacial score (nSPS) is 10.4. The number of hydrogen-bond acceptors (Lipinski definition) is 6. The lowest BCUT2D eigenvalue weighted by atomic mass is 10.2. The van der Waals surface area contributed by atoms with Crippen molar-refractivity contribution in [2.24, 2.45) is 0 Å². The van der Waals surface area contributed by atoms with Crippen LogP contribution < -0.4 is 10.6 Å². The van der Waals surface area contributed by atoms with Gasteiger partial charge in [-0.15, -0.1) is 0 Å². The Morgan fingerprint density at radius 1 is 1.23 bits per heavy atom. The summed E-state index contributed by atoms with van der Waals surface area (Å²) in [5.74, 6) is -1.21. The van der Waals surface area contributed by atoms with E-state index in [0.717, 1.165) is 0 Å². The maximum atomic E-state index is 14.0. The van der Waals surface area contributed by atoms with Crippen LogP contribution >= 0.6 is 11.6 Å². The van der Waals surface area contributed by atoms with Gasteiger partial charge in [0.25, 0.3) is 0 Å². The van der Waals surface area contributed by atoms with Gasteiger partial charge in [0.15, 0.2) is 0 Å². The van der Waals surface area contributed by atoms with Crippen molar-refractivity contribution in [2.75, 3.05) is 17.2 Å². The highest BCUT2D eigenvalue weighted by molar-refractivity contribution is 6.30. The molecule has 0 bridgehead atoms. The van der Waals surface area contributed by atoms with Crippen molar-refractivity contribution >= 4 is 35.0 Å². The van der Waals surface area contributed by atoms with E-state index in [4.69, 9.17) is 16.7 Å². The average Bonchev–Trinajstić information content (AvgIpc) is 2.63. The monoisotopic (exact) mass is 373 g/mol. The molecule has 0 radical (unpaired) electrons. The second-order valence-electron chi connectivity index (χ2n) is 5.20. The number of anilines is 3. The number of carbonyl (C=O) groups is 1. The lowest BCUT2D eigenvalue weighted by Gasteiger charge is -2.11. The maximum Gasteiger partial charge on any atom is 0.322 e. The molecule has 3 aromatic rings. The van der Waals surface area contributed by atoms with Crippen molar-refractivity contribution < 1.29 is 14.3 Å². The standard InChI is InChI=1S/C17H13ClFN5O2/c18-11-3-4-12(19)14(6-11)22-15-7-13(10-2-1-5-20-8-10)23-17(24-15)21-9-16(25)26/h1-8H,9H2,(H,25,26)(H2,21,22,23,24). The molecule has 0 spiro atoms. The molecule has 1 aromatic carbocycles. The highest BCUT2D eigenvalue weighted by Crippen LogP contribution is 2.26. The molecule has 0 aliphatic heterocycles. The van der Waals surface area contributed by atoms with Crippen molar-refractivity contribution in [1.82, 2.24) is 15.0 Å². The van der Waals surface area contributed by atoms with Crippen LogP contribution in [0.15, 0.2) is 48.8 Å². The minimum Gasteiger partial charge on any atom is -0.480 e. The van der Waals surface area contributed by atoms with Gasteiger partial charge in [-0.05, 0) is 30.3 Å². The van der Waals surface area contributed by atoms with Crippen LogP contribution in [0.4, 0.5) is 21.8 Å². The van der Waals surface area contributed by atoms with Crippen molar-refractivity contribution in [3.05, 3.63) is 59.6 Å². The average molecular weight is 374 g/mol. The van der Waals surface area contributed by atoms with Gasteiger partial charge in [0.05, 0.1) is 11.4 Å². The van der Waals surface area contributed by atoms with Crippen LogP contribution in [0.1, 0.15) is 0 Å². The summed E-state index contributed by atoms with van der Waals surface area (Å²) in [6.45, 7) is -0.360. The van der Waals surface area contributed by atoms with Crippen LogP contribution in [0.3, 0.4) is 0 Å². The zero-order valence-electron chi connectivity index (χ0n) is 13.3. The van der Waals surface area contributed by atoms with Crippen LogP contribution in [0.2, 0.25) is 5.02 Å². The highest BCUT2D eigenvalue weighted by Gasteiger charge is 2.10. The van der Waals surface area contributed by atoms with E-state index in [1.807, 2.05) is 0 Å². The zero-order chi connectivity index (χ0) is 18.5. The van der Waals surface area contributed by atoms with Gasteiger partial charge >= 0.3 is 5.97 Å². The summed E-state index contributed by atoms with van der Waals surface area (Å²) in [6, 6.07) is 9.22. The topological polar surface area (TPSA) is 100 Å². The number of pyridine rings is 1. The number of aliphatic carboxylic acids is 1. The van der Waals surface area contributed by atoms with E-state index < -0.39 is 11.8 Å². The van der Waals surface area contributed by atoms with Gasteiger partial charge in [-0.1, -0.05) is 11.6 Å². The number of hydrogen-bond donors (Lipinski definition) is 3. The lowest BCUT2D eigenvalue weighted by Crippen LogP contribution is -2.15. The van der Waals surface area contributed by atoms with E-state index in [9.17, 15) is 9.18 Å². The fourth-order valence-electron chi connectivity index (χ4n) is 2.14. The molecular formula is C17H13ClFN5O2. The smallest absolute Gasteiger partial charge is 0.322 e. The highest BCUT2D eigenvalue weighted by atomic mass is 35.5. The van der Waals surface area contributed by atoms with Crippen LogP contribution in [-0.4, -0.2) is 32.6 Å². The number of halogens is 2. The molecule has 3 rings (SSSR count). The summed E-state index contributed by atoms with van der Waals surface area (Å²) >= 11 is 5.90. The number of benzene rings is 1. The number of carboxylic acid groups (broad SMARTS) is 1. The fraction of sp³-hybridized carbons (Fsp3) is 0.0588. The molecule has 3 N–H and O–H groups in total. The molecule has 132 valence electrons. The molecule has 2 aromatic heterocycles. The van der Waals surface area contributed by atoms with E-state index in [1.54, 1.807) is 30.6 Å². The summed E-state index contributed by atoms with van der Waals surface area (Å²) in [5, 5.41) is 14.6. The maximum absolute atomic E-state index is 14.0. The third kappa shape index (κ3) is 4.42. The SMILES string of the molecule is O=C(O)CNc1nc(Nc2cc(Cl)ccc2F)cc(-c2cccnc2)n1. The van der Waals surface area contributed by atoms with Crippen LogP contribution in [-0.2, 0) is 4.79 Å². The second kappa shape index (κ2) is 7.75. The Bertz CT molecular complexity index is 940. The molecule has 26 heavy (non-hydrogen) atoms. The predicted octanol–water partition coefficient (Wildman–Crippen LogP) is 3.57. The van der Waals surface area contributed by atoms with Crippen molar-refractivity contribution in [2.45, 2.75) is 0 Å². The second-order valence-corrected chi connectivity index (χ2v) is 5.64. The first-order chi connectivity index (χ1) is 12.5. The molecule has 7 nitrogen and oxygen atoms in total. The molecule has 0 saturated carbocycles. The Kier molecular flexibility index (Phi) is 5.23. The van der Waals surface area contributed by atoms with E-state index in [1.165, 1.54) is 18.2 Å². The molecule has 9 heteroatoms. The fourth-order valence-corrected chi connectivity index (χ4v) is 2.31. The third-order valence-electron chi connectivity index (χ3n) is 3.27. The Labute approximate surface area is 152 Å². The number of aromatic nitrogens is 3. The summed E-state index contributed by atoms with van der Waals surface area (Å²) in [6.07, 6.45) is 3.22. The van der Waals surface area contributed by atoms with Crippen molar-refractivity contribution in [3.63, 3.8) is 0 Å². The first-order valence-corrected chi connectivity index (χ1v) is 7.86. The van der Waals surface area contributed by atoms with Gasteiger partial charge in [0, 0.05) is 29.0 Å². The minimum atomic E-state index is -1.06. The van der Waals surface area contributed by atoms with Gasteiger partial charge in [0.2, 0.25) is 5.95 Å². The molecule has 0 amide bonds. The summed E-state index contributed by atoms with van der Waals surface area (Å²) in [7, 11) is 0. The van der Waals surface area contributed by atoms with Crippen molar-refractivity contribution in [3.8, 4) is 11.3 Å². The number of rotatable bonds is 6. The molecule has 0 saturated heterocycles. The van der Waals surface area contributed by atoms with Crippen molar-refractivity contribution in [1.29, 1.82) is 0 Å². The third-order valence-corrected chi connectivity index (χ3v) is 3.51. The number of nitrogens with zero attached hydrogens (tertiary/aromatic N) is 3. The zero-order valence-corrected chi connectivity index (χ0v) is 14.0. The summed E-state index contributed by atoms with van der Waals surface area (Å²) in [4.78, 5) is 23.3. The van der Waals surface area contributed by atoms with Gasteiger partial charge in [0.1, 0.15) is 18.2 Å². The first-order valence-electron chi connectivity index (χ1n) is 7.48. The molecular weight excluding hydrogens is 361 g/mol. The largest absolute Gasteiger partial charge is 0.480 e. The Balaban J connectivity index is 1.98. The van der Waals surface area contributed by atoms with Crippen LogP contribution in [0, 0.1) is 5.82 Å². The first kappa shape index (κ1) is 17.6. The van der Waals surface area contributed by atoms with E-state index >= 15 is 0 Å². The Hall–Kier alpha value is -3.26. The Morgan fingerprint density at radius 3 is 2.81 bits per heavy atom. The molecule has 0 fully saturated rings. The van der Waals surface area contributed by atoms with Gasteiger partial charge in [-0.2, -0.15) is 4.98 Å². The quantitative estimate of drug-likeness (QED) is 0.607.